The molecule has 0 aromatic heterocycles. The molecule has 0 heteroatoms. The van der Waals surface area contributed by atoms with E-state index in [4.69, 9.17) is 0 Å². The topological polar surface area (TPSA) is 0 Å². The Morgan fingerprint density at radius 1 is 0.381 bits per heavy atom. The van der Waals surface area contributed by atoms with Crippen LogP contribution in [0, 0.1) is 0 Å². The van der Waals surface area contributed by atoms with Crippen molar-refractivity contribution in [2.45, 2.75) is 54.8 Å². The monoisotopic (exact) mass is 270 g/mol. The first-order valence-corrected chi connectivity index (χ1v) is 8.68. The zero-order valence-corrected chi connectivity index (χ0v) is 12.0. The van der Waals surface area contributed by atoms with Gasteiger partial charge in [0.15, 0.2) is 0 Å². The van der Waals surface area contributed by atoms with Crippen molar-refractivity contribution in [2.75, 3.05) is 0 Å². The Morgan fingerprint density at radius 3 is 0.762 bits per heavy atom. The molecular weight excluding hydrogens is 252 g/mol. The maximum Gasteiger partial charge on any atom is 0.00331 e. The number of hydrogen-bond acceptors (Lipinski definition) is 0. The van der Waals surface area contributed by atoms with Crippen LogP contribution in [0.5, 0.6) is 0 Å². The van der Waals surface area contributed by atoms with Gasteiger partial charge in [0, 0.05) is 35.5 Å². The number of allylic oxidation sites excluding steroid dienone is 6. The highest BCUT2D eigenvalue weighted by atomic mass is 14.5. The summed E-state index contributed by atoms with van der Waals surface area (Å²) in [6, 6.07) is 0. The van der Waals surface area contributed by atoms with Crippen molar-refractivity contribution in [3.8, 4) is 0 Å². The SMILES string of the molecule is C1=CC2CC1c1c3c(c4c(c12)C1C=CC4C1)C1C=CC3C1. The summed E-state index contributed by atoms with van der Waals surface area (Å²) in [6.07, 6.45) is 19.2. The molecule has 0 heterocycles. The Hall–Kier alpha value is -1.56. The van der Waals surface area contributed by atoms with Crippen molar-refractivity contribution in [1.29, 1.82) is 0 Å². The Morgan fingerprint density at radius 2 is 0.571 bits per heavy atom. The first-order valence-electron chi connectivity index (χ1n) is 8.68. The van der Waals surface area contributed by atoms with E-state index in [-0.39, 0.29) is 0 Å². The molecule has 0 nitrogen and oxygen atoms in total. The van der Waals surface area contributed by atoms with E-state index in [1.165, 1.54) is 19.3 Å². The summed E-state index contributed by atoms with van der Waals surface area (Å²) < 4.78 is 0. The van der Waals surface area contributed by atoms with Crippen LogP contribution >= 0.6 is 0 Å². The molecule has 6 unspecified atom stereocenters. The molecule has 0 saturated carbocycles. The van der Waals surface area contributed by atoms with Gasteiger partial charge in [-0.2, -0.15) is 0 Å². The van der Waals surface area contributed by atoms with Crippen LogP contribution < -0.4 is 0 Å². The molecule has 1 aromatic rings. The number of benzene rings is 1. The van der Waals surface area contributed by atoms with Crippen molar-refractivity contribution in [3.63, 3.8) is 0 Å². The molecule has 0 aliphatic heterocycles. The van der Waals surface area contributed by atoms with Crippen LogP contribution in [0.1, 0.15) is 88.2 Å². The van der Waals surface area contributed by atoms with Crippen molar-refractivity contribution in [1.82, 2.24) is 0 Å². The van der Waals surface area contributed by atoms with Gasteiger partial charge in [-0.25, -0.2) is 0 Å². The molecule has 1 aromatic carbocycles. The highest BCUT2D eigenvalue weighted by Crippen LogP contribution is 2.65. The van der Waals surface area contributed by atoms with Gasteiger partial charge < -0.3 is 0 Å². The minimum Gasteiger partial charge on any atom is -0.0803 e. The van der Waals surface area contributed by atoms with Crippen LogP contribution in [0.2, 0.25) is 0 Å². The van der Waals surface area contributed by atoms with Crippen LogP contribution in [0.25, 0.3) is 0 Å². The molecule has 0 N–H and O–H groups in total. The lowest BCUT2D eigenvalue weighted by atomic mass is 9.76. The second-order valence-electron chi connectivity index (χ2n) is 7.98. The molecule has 0 spiro atoms. The maximum absolute atomic E-state index is 2.51. The quantitative estimate of drug-likeness (QED) is 0.575. The first kappa shape index (κ1) is 10.2. The lowest BCUT2D eigenvalue weighted by Gasteiger charge is -2.28. The maximum atomic E-state index is 2.51. The van der Waals surface area contributed by atoms with E-state index in [1.807, 2.05) is 0 Å². The largest absolute Gasteiger partial charge is 0.0803 e. The fourth-order valence-corrected chi connectivity index (χ4v) is 6.65. The summed E-state index contributed by atoms with van der Waals surface area (Å²) >= 11 is 0. The standard InChI is InChI=1S/C21H18/c1-2-11-7-10(1)16-17(11)19-13-5-6-15(9-13)21(19)20-14-4-3-12(8-14)18(16)20/h1-6,10-15H,7-9H2. The number of hydrogen-bond donors (Lipinski definition) is 0. The van der Waals surface area contributed by atoms with Gasteiger partial charge in [-0.1, -0.05) is 36.5 Å². The number of rotatable bonds is 0. The van der Waals surface area contributed by atoms with E-state index in [9.17, 15) is 0 Å². The van der Waals surface area contributed by atoms with E-state index in [0.29, 0.717) is 0 Å². The zero-order chi connectivity index (χ0) is 13.3. The molecule has 0 radical (unpaired) electrons. The molecule has 6 aliphatic carbocycles. The summed E-state index contributed by atoms with van der Waals surface area (Å²) in [6.45, 7) is 0. The van der Waals surface area contributed by atoms with Gasteiger partial charge in [-0.15, -0.1) is 0 Å². The predicted octanol–water partition coefficient (Wildman–Crippen LogP) is 5.11. The molecule has 21 heavy (non-hydrogen) atoms. The average Bonchev–Trinajstić information content (AvgIpc) is 3.34. The second-order valence-corrected chi connectivity index (χ2v) is 7.98. The van der Waals surface area contributed by atoms with E-state index >= 15 is 0 Å². The van der Waals surface area contributed by atoms with Crippen molar-refractivity contribution in [3.05, 3.63) is 69.8 Å². The van der Waals surface area contributed by atoms with Gasteiger partial charge in [0.05, 0.1) is 0 Å². The van der Waals surface area contributed by atoms with Crippen LogP contribution in [0.15, 0.2) is 36.5 Å². The molecule has 102 valence electrons. The minimum atomic E-state index is 0.750. The molecule has 0 saturated heterocycles. The number of fused-ring (bicyclic) bond motifs is 18. The third-order valence-electron chi connectivity index (χ3n) is 7.22. The van der Waals surface area contributed by atoms with Gasteiger partial charge in [0.2, 0.25) is 0 Å². The van der Waals surface area contributed by atoms with E-state index in [0.717, 1.165) is 35.5 Å². The average molecular weight is 270 g/mol. The molecule has 6 aliphatic rings. The third-order valence-corrected chi connectivity index (χ3v) is 7.22. The fraction of sp³-hybridized carbons (Fsp3) is 0.429. The Bertz CT molecular complexity index is 627. The van der Waals surface area contributed by atoms with Gasteiger partial charge in [0.25, 0.3) is 0 Å². The summed E-state index contributed by atoms with van der Waals surface area (Å²) in [5, 5.41) is 0. The van der Waals surface area contributed by atoms with Crippen molar-refractivity contribution >= 4 is 0 Å². The zero-order valence-electron chi connectivity index (χ0n) is 12.0. The summed E-state index contributed by atoms with van der Waals surface area (Å²) in [5.74, 6) is 4.50. The second kappa shape index (κ2) is 2.97. The van der Waals surface area contributed by atoms with Crippen LogP contribution in [0.4, 0.5) is 0 Å². The Kier molecular flexibility index (Phi) is 1.45. The third kappa shape index (κ3) is 0.924. The molecule has 6 bridgehead atoms. The summed E-state index contributed by atoms with van der Waals surface area (Å²) in [5.41, 5.74) is 10.8. The lowest BCUT2D eigenvalue weighted by molar-refractivity contribution is 0.779. The van der Waals surface area contributed by atoms with E-state index < -0.39 is 0 Å². The van der Waals surface area contributed by atoms with Crippen LogP contribution in [-0.4, -0.2) is 0 Å². The molecule has 6 atom stereocenters. The van der Waals surface area contributed by atoms with Crippen LogP contribution in [-0.2, 0) is 0 Å². The highest BCUT2D eigenvalue weighted by Gasteiger charge is 2.49. The van der Waals surface area contributed by atoms with Gasteiger partial charge in [0.1, 0.15) is 0 Å². The minimum absolute atomic E-state index is 0.750. The molecule has 7 rings (SSSR count). The summed E-state index contributed by atoms with van der Waals surface area (Å²) in [7, 11) is 0. The predicted molar refractivity (Wildman–Crippen MR) is 84.2 cm³/mol. The highest BCUT2D eigenvalue weighted by molar-refractivity contribution is 5.71. The normalized spacial score (nSPS) is 44.0. The van der Waals surface area contributed by atoms with Gasteiger partial charge in [-0.05, 0) is 52.6 Å². The van der Waals surface area contributed by atoms with Crippen molar-refractivity contribution in [2.24, 2.45) is 0 Å². The van der Waals surface area contributed by atoms with E-state index in [1.54, 1.807) is 33.4 Å². The Labute approximate surface area is 125 Å². The first-order chi connectivity index (χ1) is 10.4. The molecule has 0 amide bonds. The van der Waals surface area contributed by atoms with Crippen molar-refractivity contribution < 1.29 is 0 Å². The molecule has 0 fully saturated rings. The summed E-state index contributed by atoms with van der Waals surface area (Å²) in [4.78, 5) is 0. The molecular formula is C21H18. The van der Waals surface area contributed by atoms with Crippen LogP contribution in [0.3, 0.4) is 0 Å². The van der Waals surface area contributed by atoms with Gasteiger partial charge in [-0.3, -0.25) is 0 Å². The fourth-order valence-electron chi connectivity index (χ4n) is 6.65. The van der Waals surface area contributed by atoms with E-state index in [2.05, 4.69) is 36.5 Å². The van der Waals surface area contributed by atoms with Gasteiger partial charge >= 0.3 is 0 Å². The Balaban J connectivity index is 1.68. The smallest absolute Gasteiger partial charge is 0.00331 e. The lowest BCUT2D eigenvalue weighted by Crippen LogP contribution is -2.12.